The van der Waals surface area contributed by atoms with Crippen LogP contribution in [0.1, 0.15) is 52.8 Å². The van der Waals surface area contributed by atoms with E-state index in [0.717, 1.165) is 17.5 Å². The van der Waals surface area contributed by atoms with Gasteiger partial charge in [0, 0.05) is 17.2 Å². The van der Waals surface area contributed by atoms with E-state index < -0.39 is 23.3 Å². The van der Waals surface area contributed by atoms with Gasteiger partial charge in [0.15, 0.2) is 0 Å². The number of halogens is 2. The molecule has 2 atom stereocenters. The van der Waals surface area contributed by atoms with Crippen LogP contribution in [0.25, 0.3) is 0 Å². The Morgan fingerprint density at radius 2 is 1.94 bits per heavy atom. The van der Waals surface area contributed by atoms with Crippen LogP contribution in [0.15, 0.2) is 33.3 Å². The number of allylic oxidation sites excluding steroid dienone is 4. The lowest BCUT2D eigenvalue weighted by Gasteiger charge is -2.35. The Hall–Kier alpha value is -1.73. The predicted molar refractivity (Wildman–Crippen MR) is 122 cm³/mol. The van der Waals surface area contributed by atoms with Crippen LogP contribution < -0.4 is 10.9 Å². The van der Waals surface area contributed by atoms with Crippen LogP contribution in [-0.2, 0) is 10.4 Å². The van der Waals surface area contributed by atoms with Crippen LogP contribution in [0.4, 0.5) is 8.78 Å². The van der Waals surface area contributed by atoms with Crippen molar-refractivity contribution in [3.05, 3.63) is 39.8 Å². The summed E-state index contributed by atoms with van der Waals surface area (Å²) in [6.45, 7) is 11.0. The zero-order chi connectivity index (χ0) is 24.1. The van der Waals surface area contributed by atoms with Crippen molar-refractivity contribution in [1.29, 1.82) is 5.26 Å². The second-order valence-corrected chi connectivity index (χ2v) is 10.6. The first kappa shape index (κ1) is 27.3. The molecular weight excluding hydrogens is 440 g/mol. The maximum Gasteiger partial charge on any atom is 0.218 e. The van der Waals surface area contributed by atoms with Gasteiger partial charge in [0.2, 0.25) is 5.91 Å². The molecule has 172 valence electrons. The highest BCUT2D eigenvalue weighted by Gasteiger charge is 2.37. The number of thiophene rings is 1. The van der Waals surface area contributed by atoms with Crippen LogP contribution in [0.5, 0.6) is 0 Å². The molecule has 0 aromatic carbocycles. The van der Waals surface area contributed by atoms with Gasteiger partial charge in [0.1, 0.15) is 21.9 Å². The van der Waals surface area contributed by atoms with Crippen molar-refractivity contribution >= 4 is 29.2 Å². The van der Waals surface area contributed by atoms with Crippen molar-refractivity contribution in [2.75, 3.05) is 0 Å². The number of hydrogen-bond donors (Lipinski definition) is 3. The summed E-state index contributed by atoms with van der Waals surface area (Å²) in [6, 6.07) is 3.23. The molecule has 1 aromatic rings. The third-order valence-corrected chi connectivity index (χ3v) is 7.18. The number of carbonyl (C=O) groups is 1. The standard InChI is InChI=1S/C15H21FN2O.C7H10FNOS2/c1-8(2)11-5-10(7-17)15(16)14(9(3)4)12(11)6-13(18)19;1-7(2,10)5-3-4(8)6(11-5)12-9/h5,8-9,12,14H,6H2,1-4H3,(H2,18,19);3,10H,9H2,1-2H3. The molecule has 2 rings (SSSR count). The van der Waals surface area contributed by atoms with Crippen molar-refractivity contribution in [1.82, 2.24) is 0 Å². The fraction of sp³-hybridized carbons (Fsp3) is 0.545. The molecule has 5 nitrogen and oxygen atoms in total. The number of primary amides is 1. The largest absolute Gasteiger partial charge is 0.385 e. The molecule has 0 aliphatic heterocycles. The molecule has 0 bridgehead atoms. The topological polar surface area (TPSA) is 113 Å². The van der Waals surface area contributed by atoms with Crippen molar-refractivity contribution in [2.24, 2.45) is 34.5 Å². The Morgan fingerprint density at radius 3 is 2.26 bits per heavy atom. The summed E-state index contributed by atoms with van der Waals surface area (Å²) in [5.41, 5.74) is 5.33. The molecule has 1 amide bonds. The van der Waals surface area contributed by atoms with Crippen LogP contribution in [0.2, 0.25) is 0 Å². The fourth-order valence-electron chi connectivity index (χ4n) is 3.54. The molecule has 0 spiro atoms. The minimum atomic E-state index is -0.987. The summed E-state index contributed by atoms with van der Waals surface area (Å²) in [6.07, 6.45) is 1.71. The van der Waals surface area contributed by atoms with Gasteiger partial charge in [-0.15, -0.1) is 11.3 Å². The zero-order valence-corrected chi connectivity index (χ0v) is 20.3. The molecule has 0 radical (unpaired) electrons. The van der Waals surface area contributed by atoms with Crippen molar-refractivity contribution in [3.63, 3.8) is 0 Å². The number of nitrogens with two attached hydrogens (primary N) is 2. The van der Waals surface area contributed by atoms with E-state index in [1.165, 1.54) is 17.4 Å². The zero-order valence-electron chi connectivity index (χ0n) is 18.7. The molecule has 1 aliphatic rings. The second kappa shape index (κ2) is 11.2. The Morgan fingerprint density at radius 1 is 1.35 bits per heavy atom. The highest BCUT2D eigenvalue weighted by Crippen LogP contribution is 2.43. The molecule has 1 heterocycles. The molecule has 0 fully saturated rings. The minimum Gasteiger partial charge on any atom is -0.385 e. The van der Waals surface area contributed by atoms with Gasteiger partial charge in [-0.3, -0.25) is 9.93 Å². The maximum atomic E-state index is 14.4. The van der Waals surface area contributed by atoms with Crippen LogP contribution >= 0.6 is 23.3 Å². The number of nitrogens with zero attached hydrogens (tertiary/aromatic N) is 1. The van der Waals surface area contributed by atoms with Crippen LogP contribution in [-0.4, -0.2) is 11.0 Å². The van der Waals surface area contributed by atoms with Crippen molar-refractivity contribution < 1.29 is 18.7 Å². The molecule has 1 aromatic heterocycles. The number of aliphatic hydroxyl groups is 1. The molecule has 0 saturated carbocycles. The average Bonchev–Trinajstić information content (AvgIpc) is 3.02. The summed E-state index contributed by atoms with van der Waals surface area (Å²) in [5.74, 6) is -1.72. The summed E-state index contributed by atoms with van der Waals surface area (Å²) in [5, 5.41) is 23.8. The number of rotatable bonds is 6. The Kier molecular flexibility index (Phi) is 9.89. The van der Waals surface area contributed by atoms with E-state index in [1.54, 1.807) is 19.9 Å². The summed E-state index contributed by atoms with van der Waals surface area (Å²) in [4.78, 5) is 11.8. The molecular formula is C22H31F2N3O2S2. The summed E-state index contributed by atoms with van der Waals surface area (Å²) >= 11 is 2.04. The first-order chi connectivity index (χ1) is 14.2. The lowest BCUT2D eigenvalue weighted by atomic mass is 9.69. The monoisotopic (exact) mass is 471 g/mol. The van der Waals surface area contributed by atoms with E-state index in [9.17, 15) is 18.7 Å². The van der Waals surface area contributed by atoms with Crippen molar-refractivity contribution in [3.8, 4) is 6.07 Å². The summed E-state index contributed by atoms with van der Waals surface area (Å²) < 4.78 is 27.7. The average molecular weight is 472 g/mol. The third-order valence-electron chi connectivity index (χ3n) is 5.01. The highest BCUT2D eigenvalue weighted by atomic mass is 32.2. The van der Waals surface area contributed by atoms with Crippen LogP contribution in [0.3, 0.4) is 0 Å². The number of nitriles is 1. The Balaban J connectivity index is 0.000000343. The van der Waals surface area contributed by atoms with Gasteiger partial charge in [-0.2, -0.15) is 5.26 Å². The smallest absolute Gasteiger partial charge is 0.218 e. The van der Waals surface area contributed by atoms with Gasteiger partial charge in [-0.1, -0.05) is 33.3 Å². The number of amides is 1. The Bertz CT molecular complexity index is 894. The maximum absolute atomic E-state index is 14.4. The number of carbonyl (C=O) groups excluding carboxylic acids is 1. The van der Waals surface area contributed by atoms with E-state index in [0.29, 0.717) is 9.09 Å². The molecule has 9 heteroatoms. The minimum absolute atomic E-state index is 0.00940. The van der Waals surface area contributed by atoms with Gasteiger partial charge in [-0.25, -0.2) is 8.78 Å². The van der Waals surface area contributed by atoms with E-state index in [-0.39, 0.29) is 35.6 Å². The third kappa shape index (κ3) is 7.14. The van der Waals surface area contributed by atoms with Gasteiger partial charge in [0.25, 0.3) is 0 Å². The van der Waals surface area contributed by atoms with Crippen molar-refractivity contribution in [2.45, 2.75) is 57.8 Å². The van der Waals surface area contributed by atoms with E-state index in [4.69, 9.17) is 16.1 Å². The SMILES string of the molecule is CC(C)(O)c1cc(F)c(SN)s1.CC(C)C1=CC(C#N)=C(F)C(C(C)C)C1CC(N)=O. The van der Waals surface area contributed by atoms with Gasteiger partial charge >= 0.3 is 0 Å². The van der Waals surface area contributed by atoms with E-state index in [1.807, 2.05) is 33.8 Å². The highest BCUT2D eigenvalue weighted by molar-refractivity contribution is 7.99. The van der Waals surface area contributed by atoms with Crippen LogP contribution in [0, 0.1) is 40.8 Å². The molecule has 5 N–H and O–H groups in total. The predicted octanol–water partition coefficient (Wildman–Crippen LogP) is 5.17. The quantitative estimate of drug-likeness (QED) is 0.495. The fourth-order valence-corrected chi connectivity index (χ4v) is 4.94. The van der Waals surface area contributed by atoms with E-state index >= 15 is 0 Å². The van der Waals surface area contributed by atoms with E-state index in [2.05, 4.69) is 0 Å². The Labute approximate surface area is 191 Å². The van der Waals surface area contributed by atoms with Gasteiger partial charge < -0.3 is 10.8 Å². The van der Waals surface area contributed by atoms with Gasteiger partial charge in [0.05, 0.1) is 11.2 Å². The lowest BCUT2D eigenvalue weighted by Crippen LogP contribution is -2.32. The first-order valence-corrected chi connectivity index (χ1v) is 11.6. The lowest BCUT2D eigenvalue weighted by molar-refractivity contribution is -0.119. The molecule has 31 heavy (non-hydrogen) atoms. The first-order valence-electron chi connectivity index (χ1n) is 9.92. The molecule has 1 aliphatic carbocycles. The molecule has 0 saturated heterocycles. The molecule has 2 unspecified atom stereocenters. The van der Waals surface area contributed by atoms with Gasteiger partial charge in [-0.05, 0) is 55.7 Å². The normalized spacial score (nSPS) is 19.1. The summed E-state index contributed by atoms with van der Waals surface area (Å²) in [7, 11) is 0. The second-order valence-electron chi connectivity index (χ2n) is 8.64. The number of hydrogen-bond acceptors (Lipinski definition) is 6.